The molecule has 1 N–H and O–H groups in total. The number of nitrogens with zero attached hydrogens (tertiary/aromatic N) is 1. The number of carbonyl (C=O) groups excluding carboxylic acids is 2. The summed E-state index contributed by atoms with van der Waals surface area (Å²) >= 11 is 0. The fourth-order valence-electron chi connectivity index (χ4n) is 2.82. The van der Waals surface area contributed by atoms with Gasteiger partial charge in [-0.3, -0.25) is 9.59 Å². The summed E-state index contributed by atoms with van der Waals surface area (Å²) in [5.41, 5.74) is 0.820. The van der Waals surface area contributed by atoms with Crippen LogP contribution >= 0.6 is 0 Å². The predicted molar refractivity (Wildman–Crippen MR) is 91.1 cm³/mol. The standard InChI is InChI=1S/C17H24N2O4S/c1-11(2)19-10-14(9-16(19)20)17(21)18-12(3)13-5-7-15(8-6-13)24(4,22)23/h5-8,11-12,14H,9-10H2,1-4H3,(H,18,21). The largest absolute Gasteiger partial charge is 0.349 e. The SMILES string of the molecule is CC(NC(=O)C1CC(=O)N(C(C)C)C1)c1ccc(S(C)(=O)=O)cc1. The fraction of sp³-hybridized carbons (Fsp3) is 0.529. The molecule has 1 fully saturated rings. The third-order valence-electron chi connectivity index (χ3n) is 4.32. The highest BCUT2D eigenvalue weighted by atomic mass is 32.2. The zero-order chi connectivity index (χ0) is 18.1. The predicted octanol–water partition coefficient (Wildman–Crippen LogP) is 1.52. The smallest absolute Gasteiger partial charge is 0.225 e. The molecule has 0 bridgehead atoms. The Morgan fingerprint density at radius 2 is 1.79 bits per heavy atom. The molecule has 24 heavy (non-hydrogen) atoms. The molecule has 1 heterocycles. The summed E-state index contributed by atoms with van der Waals surface area (Å²) in [5, 5.41) is 2.91. The molecular formula is C17H24N2O4S. The normalized spacial score (nSPS) is 19.6. The molecule has 1 saturated heterocycles. The lowest BCUT2D eigenvalue weighted by molar-refractivity contribution is -0.130. The molecule has 1 aliphatic heterocycles. The minimum atomic E-state index is -3.23. The Hall–Kier alpha value is -1.89. The van der Waals surface area contributed by atoms with Crippen molar-refractivity contribution in [2.45, 2.75) is 44.2 Å². The molecule has 1 aromatic carbocycles. The molecule has 0 aliphatic carbocycles. The lowest BCUT2D eigenvalue weighted by Gasteiger charge is -2.21. The number of amides is 2. The number of likely N-dealkylation sites (tertiary alicyclic amines) is 1. The molecule has 2 atom stereocenters. The van der Waals surface area contributed by atoms with E-state index in [1.807, 2.05) is 20.8 Å². The average molecular weight is 352 g/mol. The fourth-order valence-corrected chi connectivity index (χ4v) is 3.45. The van der Waals surface area contributed by atoms with Crippen molar-refractivity contribution in [1.82, 2.24) is 10.2 Å². The van der Waals surface area contributed by atoms with Crippen LogP contribution in [0, 0.1) is 5.92 Å². The van der Waals surface area contributed by atoms with Crippen LogP contribution in [0.25, 0.3) is 0 Å². The van der Waals surface area contributed by atoms with E-state index < -0.39 is 9.84 Å². The van der Waals surface area contributed by atoms with E-state index in [4.69, 9.17) is 0 Å². The zero-order valence-electron chi connectivity index (χ0n) is 14.4. The molecule has 1 aliphatic rings. The first kappa shape index (κ1) is 18.4. The Morgan fingerprint density at radius 3 is 2.25 bits per heavy atom. The zero-order valence-corrected chi connectivity index (χ0v) is 15.3. The third-order valence-corrected chi connectivity index (χ3v) is 5.45. The number of benzene rings is 1. The first-order valence-electron chi connectivity index (χ1n) is 7.99. The van der Waals surface area contributed by atoms with Crippen LogP contribution in [-0.4, -0.2) is 44.0 Å². The number of rotatable bonds is 5. The number of carbonyl (C=O) groups is 2. The molecule has 0 spiro atoms. The van der Waals surface area contributed by atoms with Crippen molar-refractivity contribution in [3.8, 4) is 0 Å². The van der Waals surface area contributed by atoms with Crippen LogP contribution in [-0.2, 0) is 19.4 Å². The Kier molecular flexibility index (Phi) is 5.32. The molecule has 2 unspecified atom stereocenters. The van der Waals surface area contributed by atoms with Crippen LogP contribution in [0.4, 0.5) is 0 Å². The second-order valence-electron chi connectivity index (χ2n) is 6.61. The Balaban J connectivity index is 2.01. The Labute approximate surface area is 143 Å². The van der Waals surface area contributed by atoms with Crippen LogP contribution in [0.15, 0.2) is 29.2 Å². The van der Waals surface area contributed by atoms with E-state index in [-0.39, 0.29) is 41.1 Å². The van der Waals surface area contributed by atoms with Crippen LogP contribution in [0.1, 0.15) is 38.8 Å². The van der Waals surface area contributed by atoms with Gasteiger partial charge in [-0.05, 0) is 38.5 Å². The van der Waals surface area contributed by atoms with Gasteiger partial charge in [0.25, 0.3) is 0 Å². The van der Waals surface area contributed by atoms with E-state index >= 15 is 0 Å². The topological polar surface area (TPSA) is 83.6 Å². The summed E-state index contributed by atoms with van der Waals surface area (Å²) in [7, 11) is -3.23. The van der Waals surface area contributed by atoms with E-state index in [1.165, 1.54) is 12.1 Å². The van der Waals surface area contributed by atoms with Gasteiger partial charge in [0.05, 0.1) is 16.9 Å². The van der Waals surface area contributed by atoms with Gasteiger partial charge >= 0.3 is 0 Å². The summed E-state index contributed by atoms with van der Waals surface area (Å²) < 4.78 is 23.0. The minimum absolute atomic E-state index is 0.00954. The van der Waals surface area contributed by atoms with Crippen molar-refractivity contribution < 1.29 is 18.0 Å². The Bertz CT molecular complexity index is 725. The summed E-state index contributed by atoms with van der Waals surface area (Å²) in [6.45, 7) is 6.15. The van der Waals surface area contributed by atoms with Crippen molar-refractivity contribution in [2.24, 2.45) is 5.92 Å². The molecule has 2 amide bonds. The van der Waals surface area contributed by atoms with Gasteiger partial charge in [0.15, 0.2) is 9.84 Å². The maximum atomic E-state index is 12.4. The van der Waals surface area contributed by atoms with Gasteiger partial charge in [-0.1, -0.05) is 12.1 Å². The molecule has 0 radical (unpaired) electrons. The van der Waals surface area contributed by atoms with Gasteiger partial charge in [-0.2, -0.15) is 0 Å². The summed E-state index contributed by atoms with van der Waals surface area (Å²) in [6, 6.07) is 6.30. The molecule has 6 nitrogen and oxygen atoms in total. The molecule has 0 aromatic heterocycles. The number of nitrogens with one attached hydrogen (secondary N) is 1. The van der Waals surface area contributed by atoms with Crippen molar-refractivity contribution in [3.63, 3.8) is 0 Å². The van der Waals surface area contributed by atoms with Crippen molar-refractivity contribution in [3.05, 3.63) is 29.8 Å². The second kappa shape index (κ2) is 6.93. The van der Waals surface area contributed by atoms with Gasteiger partial charge in [0, 0.05) is 25.3 Å². The van der Waals surface area contributed by atoms with E-state index in [1.54, 1.807) is 17.0 Å². The minimum Gasteiger partial charge on any atom is -0.349 e. The van der Waals surface area contributed by atoms with Crippen molar-refractivity contribution >= 4 is 21.7 Å². The number of hydrogen-bond donors (Lipinski definition) is 1. The molecule has 7 heteroatoms. The van der Waals surface area contributed by atoms with Crippen LogP contribution in [0.5, 0.6) is 0 Å². The van der Waals surface area contributed by atoms with Gasteiger partial charge in [-0.25, -0.2) is 8.42 Å². The van der Waals surface area contributed by atoms with Crippen molar-refractivity contribution in [1.29, 1.82) is 0 Å². The van der Waals surface area contributed by atoms with Gasteiger partial charge in [0.1, 0.15) is 0 Å². The lowest BCUT2D eigenvalue weighted by Crippen LogP contribution is -2.36. The highest BCUT2D eigenvalue weighted by molar-refractivity contribution is 7.90. The summed E-state index contributed by atoms with van der Waals surface area (Å²) in [4.78, 5) is 26.3. The summed E-state index contributed by atoms with van der Waals surface area (Å²) in [6.07, 6.45) is 1.40. The lowest BCUT2D eigenvalue weighted by atomic mass is 10.1. The van der Waals surface area contributed by atoms with E-state index in [9.17, 15) is 18.0 Å². The number of hydrogen-bond acceptors (Lipinski definition) is 4. The molecule has 0 saturated carbocycles. The van der Waals surface area contributed by atoms with E-state index in [2.05, 4.69) is 5.32 Å². The van der Waals surface area contributed by atoms with Gasteiger partial charge in [0.2, 0.25) is 11.8 Å². The number of sulfone groups is 1. The first-order chi connectivity index (χ1) is 11.1. The maximum Gasteiger partial charge on any atom is 0.225 e. The average Bonchev–Trinajstić information content (AvgIpc) is 2.88. The van der Waals surface area contributed by atoms with Crippen molar-refractivity contribution in [2.75, 3.05) is 12.8 Å². The van der Waals surface area contributed by atoms with E-state index in [0.29, 0.717) is 6.54 Å². The maximum absolute atomic E-state index is 12.4. The first-order valence-corrected chi connectivity index (χ1v) is 9.88. The third kappa shape index (κ3) is 4.14. The molecule has 132 valence electrons. The molecule has 1 aromatic rings. The second-order valence-corrected chi connectivity index (χ2v) is 8.63. The van der Waals surface area contributed by atoms with Crippen LogP contribution < -0.4 is 5.32 Å². The van der Waals surface area contributed by atoms with Gasteiger partial charge < -0.3 is 10.2 Å². The monoisotopic (exact) mass is 352 g/mol. The van der Waals surface area contributed by atoms with Gasteiger partial charge in [-0.15, -0.1) is 0 Å². The Morgan fingerprint density at radius 1 is 1.21 bits per heavy atom. The van der Waals surface area contributed by atoms with E-state index in [0.717, 1.165) is 11.8 Å². The highest BCUT2D eigenvalue weighted by Gasteiger charge is 2.35. The molecule has 2 rings (SSSR count). The van der Waals surface area contributed by atoms with Crippen LogP contribution in [0.2, 0.25) is 0 Å². The summed E-state index contributed by atoms with van der Waals surface area (Å²) in [5.74, 6) is -0.473. The molecular weight excluding hydrogens is 328 g/mol. The highest BCUT2D eigenvalue weighted by Crippen LogP contribution is 2.22. The quantitative estimate of drug-likeness (QED) is 0.871. The van der Waals surface area contributed by atoms with Crippen LogP contribution in [0.3, 0.4) is 0 Å².